The predicted octanol–water partition coefficient (Wildman–Crippen LogP) is 4.08. The van der Waals surface area contributed by atoms with Crippen molar-refractivity contribution in [2.75, 3.05) is 24.2 Å². The van der Waals surface area contributed by atoms with E-state index in [4.69, 9.17) is 10.5 Å². The van der Waals surface area contributed by atoms with Gasteiger partial charge in [-0.15, -0.1) is 0 Å². The van der Waals surface area contributed by atoms with Crippen molar-refractivity contribution in [1.82, 2.24) is 19.7 Å². The maximum absolute atomic E-state index is 13.4. The highest BCUT2D eigenvalue weighted by atomic mass is 28.3. The summed E-state index contributed by atoms with van der Waals surface area (Å²) in [5.74, 6) is 0.116. The van der Waals surface area contributed by atoms with Gasteiger partial charge in [-0.05, 0) is 43.6 Å². The topological polar surface area (TPSA) is 115 Å². The number of anilines is 2. The maximum atomic E-state index is 13.4. The number of pyridine rings is 1. The summed E-state index contributed by atoms with van der Waals surface area (Å²) >= 11 is 0. The zero-order chi connectivity index (χ0) is 25.2. The van der Waals surface area contributed by atoms with Gasteiger partial charge in [0.2, 0.25) is 0 Å². The monoisotopic (exact) mass is 500 g/mol. The minimum atomic E-state index is -1.21. The van der Waals surface area contributed by atoms with Gasteiger partial charge in [0.15, 0.2) is 0 Å². The Labute approximate surface area is 208 Å². The van der Waals surface area contributed by atoms with Crippen molar-refractivity contribution in [3.05, 3.63) is 12.4 Å². The molecular formula is C25H40N6O3Si. The number of likely N-dealkylation sites (tertiary alicyclic amines) is 1. The predicted molar refractivity (Wildman–Crippen MR) is 141 cm³/mol. The highest BCUT2D eigenvalue weighted by Gasteiger charge is 2.38. The molecule has 9 nitrogen and oxygen atoms in total. The number of amides is 2. The highest BCUT2D eigenvalue weighted by molar-refractivity contribution is 6.76. The summed E-state index contributed by atoms with van der Waals surface area (Å²) in [4.78, 5) is 32.6. The fourth-order valence-electron chi connectivity index (χ4n) is 5.39. The number of hydrogen-bond acceptors (Lipinski definition) is 6. The van der Waals surface area contributed by atoms with Gasteiger partial charge in [0.25, 0.3) is 0 Å². The smallest absolute Gasteiger partial charge is 0.314 e. The summed E-state index contributed by atoms with van der Waals surface area (Å²) in [7, 11) is -1.21. The summed E-state index contributed by atoms with van der Waals surface area (Å²) in [6, 6.07) is 1.20. The van der Waals surface area contributed by atoms with Crippen molar-refractivity contribution in [1.29, 1.82) is 0 Å². The molecule has 2 amide bonds. The Morgan fingerprint density at radius 2 is 1.91 bits per heavy atom. The van der Waals surface area contributed by atoms with Crippen LogP contribution in [-0.2, 0) is 21.1 Å². The van der Waals surface area contributed by atoms with Crippen molar-refractivity contribution in [2.24, 2.45) is 11.8 Å². The second kappa shape index (κ2) is 10.7. The van der Waals surface area contributed by atoms with Gasteiger partial charge in [-0.3, -0.25) is 9.59 Å². The van der Waals surface area contributed by atoms with Crippen LogP contribution in [0.1, 0.15) is 45.4 Å². The minimum Gasteiger partial charge on any atom is -0.383 e. The first kappa shape index (κ1) is 25.6. The molecule has 0 bridgehead atoms. The van der Waals surface area contributed by atoms with Gasteiger partial charge >= 0.3 is 11.8 Å². The van der Waals surface area contributed by atoms with Crippen molar-refractivity contribution in [3.8, 4) is 0 Å². The average molecular weight is 501 g/mol. The summed E-state index contributed by atoms with van der Waals surface area (Å²) < 4.78 is 7.54. The number of rotatable bonds is 7. The second-order valence-corrected chi connectivity index (χ2v) is 17.1. The molecule has 3 heterocycles. The fourth-order valence-corrected chi connectivity index (χ4v) is 6.14. The van der Waals surface area contributed by atoms with Gasteiger partial charge in [0.05, 0.1) is 29.0 Å². The van der Waals surface area contributed by atoms with Crippen molar-refractivity contribution >= 4 is 42.3 Å². The molecule has 0 aromatic carbocycles. The van der Waals surface area contributed by atoms with Crippen LogP contribution in [-0.4, -0.2) is 58.7 Å². The van der Waals surface area contributed by atoms with Gasteiger partial charge in [-0.25, -0.2) is 9.67 Å². The van der Waals surface area contributed by atoms with Crippen LogP contribution in [0, 0.1) is 11.8 Å². The van der Waals surface area contributed by atoms with Gasteiger partial charge in [0, 0.05) is 27.3 Å². The van der Waals surface area contributed by atoms with Crippen molar-refractivity contribution < 1.29 is 14.3 Å². The van der Waals surface area contributed by atoms with Gasteiger partial charge in [-0.1, -0.05) is 39.4 Å². The van der Waals surface area contributed by atoms with Crippen LogP contribution < -0.4 is 11.1 Å². The maximum Gasteiger partial charge on any atom is 0.314 e. The number of carbonyl (C=O) groups is 2. The first-order valence-corrected chi connectivity index (χ1v) is 16.6. The van der Waals surface area contributed by atoms with Crippen LogP contribution in [0.5, 0.6) is 0 Å². The van der Waals surface area contributed by atoms with E-state index in [2.05, 4.69) is 42.0 Å². The molecule has 1 aliphatic heterocycles. The van der Waals surface area contributed by atoms with Gasteiger partial charge < -0.3 is 20.7 Å². The quantitative estimate of drug-likeness (QED) is 0.336. The molecule has 0 spiro atoms. The van der Waals surface area contributed by atoms with E-state index in [0.29, 0.717) is 47.4 Å². The Kier molecular flexibility index (Phi) is 7.80. The molecule has 1 saturated carbocycles. The number of aromatic nitrogens is 3. The molecule has 35 heavy (non-hydrogen) atoms. The lowest BCUT2D eigenvalue weighted by Gasteiger charge is -2.41. The van der Waals surface area contributed by atoms with Crippen LogP contribution in [0.25, 0.3) is 10.9 Å². The molecule has 3 N–H and O–H groups in total. The first-order valence-electron chi connectivity index (χ1n) is 12.9. The Morgan fingerprint density at radius 3 is 2.63 bits per heavy atom. The second-order valence-electron chi connectivity index (χ2n) is 11.5. The van der Waals surface area contributed by atoms with Crippen molar-refractivity contribution in [3.63, 3.8) is 0 Å². The number of nitrogens with zero attached hydrogens (tertiary/aromatic N) is 4. The molecule has 2 atom stereocenters. The number of nitrogens with two attached hydrogens (primary N) is 1. The molecule has 2 aliphatic rings. The van der Waals surface area contributed by atoms with Gasteiger partial charge in [0.1, 0.15) is 12.5 Å². The molecule has 0 unspecified atom stereocenters. The van der Waals surface area contributed by atoms with E-state index in [1.807, 2.05) is 4.90 Å². The Hall–Kier alpha value is -2.46. The van der Waals surface area contributed by atoms with Crippen molar-refractivity contribution in [2.45, 2.75) is 83.9 Å². The number of piperidine rings is 1. The van der Waals surface area contributed by atoms with Crippen LogP contribution in [0.15, 0.2) is 12.4 Å². The molecule has 192 valence electrons. The van der Waals surface area contributed by atoms with E-state index in [-0.39, 0.29) is 12.8 Å². The lowest BCUT2D eigenvalue weighted by Crippen LogP contribution is -2.52. The number of nitrogen functional groups attached to an aromatic ring is 1. The Morgan fingerprint density at radius 1 is 1.17 bits per heavy atom. The molecule has 10 heteroatoms. The summed E-state index contributed by atoms with van der Waals surface area (Å²) in [6.07, 6.45) is 9.91. The third-order valence-electron chi connectivity index (χ3n) is 7.42. The van der Waals surface area contributed by atoms with Crippen LogP contribution >= 0.6 is 0 Å². The fraction of sp³-hybridized carbons (Fsp3) is 0.680. The van der Waals surface area contributed by atoms with Gasteiger partial charge in [-0.2, -0.15) is 5.10 Å². The van der Waals surface area contributed by atoms with E-state index in [1.165, 1.54) is 19.0 Å². The van der Waals surface area contributed by atoms with Crippen LogP contribution in [0.4, 0.5) is 11.5 Å². The number of carbonyl (C=O) groups excluding carboxylic acids is 2. The summed E-state index contributed by atoms with van der Waals surface area (Å²) in [6.45, 7) is 10.6. The third kappa shape index (κ3) is 6.03. The van der Waals surface area contributed by atoms with Crippen LogP contribution in [0.3, 0.4) is 0 Å². The first-order chi connectivity index (χ1) is 16.6. The minimum absolute atomic E-state index is 0.154. The standard InChI is InChI=1S/C25H40N6O3Si/c1-17-9-10-21(18-7-5-6-8-18)30(15-17)25(33)24(32)29-20-14-27-23(26)19-13-28-31(22(19)20)16-34-11-12-35(2,3)4/h13-14,17-18,21H,5-12,15-16H2,1-4H3,(H2,26,27)(H,29,32)/t17-,21+/m1/s1. The highest BCUT2D eigenvalue weighted by Crippen LogP contribution is 2.36. The summed E-state index contributed by atoms with van der Waals surface area (Å²) in [5, 5.41) is 7.85. The zero-order valence-electron chi connectivity index (χ0n) is 21.5. The van der Waals surface area contributed by atoms with Crippen LogP contribution in [0.2, 0.25) is 25.7 Å². The Balaban J connectivity index is 1.50. The lowest BCUT2D eigenvalue weighted by molar-refractivity contribution is -0.147. The molecule has 0 radical (unpaired) electrons. The molecule has 2 aromatic heterocycles. The normalized spacial score (nSPS) is 21.5. The average Bonchev–Trinajstić information content (AvgIpc) is 3.48. The third-order valence-corrected chi connectivity index (χ3v) is 9.13. The number of nitrogens with one attached hydrogen (secondary N) is 1. The molecule has 2 aromatic rings. The molecular weight excluding hydrogens is 460 g/mol. The SMILES string of the molecule is C[C@@H]1CC[C@@H](C2CCCC2)N(C(=O)C(=O)Nc2cnc(N)c3cnn(COCC[Si](C)(C)C)c23)C1. The largest absolute Gasteiger partial charge is 0.383 e. The number of hydrogen-bond donors (Lipinski definition) is 2. The zero-order valence-corrected chi connectivity index (χ0v) is 22.5. The number of fused-ring (bicyclic) bond motifs is 1. The molecule has 1 saturated heterocycles. The van der Waals surface area contributed by atoms with E-state index in [9.17, 15) is 9.59 Å². The summed E-state index contributed by atoms with van der Waals surface area (Å²) in [5.41, 5.74) is 7.11. The van der Waals surface area contributed by atoms with E-state index in [0.717, 1.165) is 31.7 Å². The molecule has 4 rings (SSSR count). The Bertz CT molecular complexity index is 1060. The van der Waals surface area contributed by atoms with E-state index in [1.54, 1.807) is 10.9 Å². The molecule has 2 fully saturated rings. The van der Waals surface area contributed by atoms with E-state index >= 15 is 0 Å². The number of ether oxygens (including phenoxy) is 1. The van der Waals surface area contributed by atoms with E-state index < -0.39 is 19.9 Å². The molecule has 1 aliphatic carbocycles. The lowest BCUT2D eigenvalue weighted by atomic mass is 9.85.